The van der Waals surface area contributed by atoms with Gasteiger partial charge in [-0.05, 0) is 85.7 Å². The molecule has 0 spiro atoms. The second-order valence-corrected chi connectivity index (χ2v) is 13.1. The Balaban J connectivity index is 1.58. The third-order valence-electron chi connectivity index (χ3n) is 7.25. The van der Waals surface area contributed by atoms with Crippen LogP contribution in [0.3, 0.4) is 0 Å². The van der Waals surface area contributed by atoms with Crippen molar-refractivity contribution in [2.24, 2.45) is 11.3 Å². The fraction of sp³-hybridized carbons (Fsp3) is 0.375. The van der Waals surface area contributed by atoms with E-state index in [1.165, 1.54) is 28.6 Å². The van der Waals surface area contributed by atoms with E-state index in [4.69, 9.17) is 26.3 Å². The average Bonchev–Trinajstić information content (AvgIpc) is 2.89. The lowest BCUT2D eigenvalue weighted by atomic mass is 9.74. The maximum Gasteiger partial charge on any atom is 0.237 e. The molecular formula is C32H36ClN5OS. The number of benzene rings is 2. The number of aryl methyl sites for hydroxylation is 3. The van der Waals surface area contributed by atoms with Crippen molar-refractivity contribution in [3.05, 3.63) is 88.0 Å². The number of ether oxygens (including phenoxy) is 1. The fourth-order valence-corrected chi connectivity index (χ4v) is 6.24. The van der Waals surface area contributed by atoms with Crippen molar-refractivity contribution in [3.63, 3.8) is 0 Å². The van der Waals surface area contributed by atoms with E-state index in [0.29, 0.717) is 30.0 Å². The Labute approximate surface area is 246 Å². The molecule has 1 N–H and O–H groups in total. The Morgan fingerprint density at radius 2 is 1.75 bits per heavy atom. The molecule has 4 aromatic rings. The lowest BCUT2D eigenvalue weighted by Crippen LogP contribution is -2.27. The highest BCUT2D eigenvalue weighted by molar-refractivity contribution is 8.00. The molecule has 208 valence electrons. The van der Waals surface area contributed by atoms with Crippen LogP contribution in [-0.2, 0) is 6.42 Å². The molecule has 2 atom stereocenters. The average molecular weight is 574 g/mol. The summed E-state index contributed by atoms with van der Waals surface area (Å²) in [5.74, 6) is 1.43. The van der Waals surface area contributed by atoms with Crippen LogP contribution >= 0.6 is 23.5 Å². The van der Waals surface area contributed by atoms with Gasteiger partial charge in [-0.1, -0.05) is 62.7 Å². The Bertz CT molecular complexity index is 1500. The van der Waals surface area contributed by atoms with Crippen LogP contribution in [0.2, 0.25) is 5.15 Å². The summed E-state index contributed by atoms with van der Waals surface area (Å²) in [7, 11) is 0. The predicted molar refractivity (Wildman–Crippen MR) is 164 cm³/mol. The first kappa shape index (κ1) is 28.4. The van der Waals surface area contributed by atoms with Crippen molar-refractivity contribution in [2.75, 3.05) is 11.3 Å². The van der Waals surface area contributed by atoms with Crippen LogP contribution in [0.1, 0.15) is 61.2 Å². The van der Waals surface area contributed by atoms with Crippen molar-refractivity contribution < 1.29 is 4.74 Å². The summed E-state index contributed by atoms with van der Waals surface area (Å²) in [5, 5.41) is 0.454. The molecule has 0 amide bonds. The van der Waals surface area contributed by atoms with Gasteiger partial charge >= 0.3 is 0 Å². The number of halogens is 1. The van der Waals surface area contributed by atoms with E-state index < -0.39 is 0 Å². The minimum atomic E-state index is 0.0914. The second kappa shape index (κ2) is 11.8. The molecule has 1 aliphatic rings. The number of hydrogen-bond donors (Lipinski definition) is 1. The third kappa shape index (κ3) is 6.76. The molecule has 0 fully saturated rings. The van der Waals surface area contributed by atoms with E-state index in [-0.39, 0.29) is 17.3 Å². The van der Waals surface area contributed by atoms with E-state index in [9.17, 15) is 0 Å². The van der Waals surface area contributed by atoms with Crippen LogP contribution in [0.5, 0.6) is 5.88 Å². The molecular weight excluding hydrogens is 538 g/mol. The van der Waals surface area contributed by atoms with Gasteiger partial charge in [-0.25, -0.2) is 9.97 Å². The molecule has 2 unspecified atom stereocenters. The Kier molecular flexibility index (Phi) is 8.34. The largest absolute Gasteiger partial charge is 0.477 e. The van der Waals surface area contributed by atoms with Gasteiger partial charge in [0.1, 0.15) is 0 Å². The van der Waals surface area contributed by atoms with Crippen molar-refractivity contribution in [1.29, 1.82) is 0 Å². The summed E-state index contributed by atoms with van der Waals surface area (Å²) in [4.78, 5) is 19.9. The van der Waals surface area contributed by atoms with Crippen molar-refractivity contribution in [1.82, 2.24) is 19.9 Å². The number of hydrogen-bond acceptors (Lipinski definition) is 7. The molecule has 0 aliphatic carbocycles. The van der Waals surface area contributed by atoms with Gasteiger partial charge in [0, 0.05) is 28.6 Å². The molecule has 8 heteroatoms. The van der Waals surface area contributed by atoms with E-state index in [2.05, 4.69) is 91.8 Å². The summed E-state index contributed by atoms with van der Waals surface area (Å²) in [6.07, 6.45) is 3.52. The highest BCUT2D eigenvalue weighted by Gasteiger charge is 2.30. The predicted octanol–water partition coefficient (Wildman–Crippen LogP) is 8.40. The SMILES string of the molecule is Cc1cccc(C)c1-c1cc2nc(n1)NSc1cccc(c1)C(Cc1cnc(C)c(Cl)n1)C(CC(C)(C)C)CO2. The molecule has 2 aromatic heterocycles. The normalized spacial score (nSPS) is 17.3. The fourth-order valence-electron chi connectivity index (χ4n) is 5.44. The molecule has 2 aromatic carbocycles. The first-order valence-corrected chi connectivity index (χ1v) is 14.8. The smallest absolute Gasteiger partial charge is 0.237 e. The topological polar surface area (TPSA) is 72.8 Å². The summed E-state index contributed by atoms with van der Waals surface area (Å²) in [5.41, 5.74) is 7.24. The van der Waals surface area contributed by atoms with E-state index in [1.54, 1.807) is 0 Å². The van der Waals surface area contributed by atoms with Crippen LogP contribution < -0.4 is 9.46 Å². The van der Waals surface area contributed by atoms with Crippen LogP contribution in [-0.4, -0.2) is 26.5 Å². The van der Waals surface area contributed by atoms with Gasteiger partial charge in [0.2, 0.25) is 11.8 Å². The highest BCUT2D eigenvalue weighted by atomic mass is 35.5. The summed E-state index contributed by atoms with van der Waals surface area (Å²) in [6, 6.07) is 16.9. The molecule has 0 radical (unpaired) electrons. The van der Waals surface area contributed by atoms with Crippen LogP contribution in [0.4, 0.5) is 5.95 Å². The van der Waals surface area contributed by atoms with Crippen LogP contribution in [0, 0.1) is 32.1 Å². The molecule has 5 rings (SSSR count). The van der Waals surface area contributed by atoms with Gasteiger partial charge < -0.3 is 4.74 Å². The standard InChI is InChI=1S/C32H36ClN5OS/c1-19-9-7-10-20(2)29(19)27-15-28-37-31(36-27)38-40-25-12-8-11-22(13-25)26(23(18-39-28)16-32(4,5)6)14-24-17-34-21(3)30(33)35-24/h7-13,15,17,23,26H,14,16,18H2,1-6H3,(H,36,37,38). The summed E-state index contributed by atoms with van der Waals surface area (Å²) >= 11 is 7.89. The van der Waals surface area contributed by atoms with Gasteiger partial charge in [0.05, 0.1) is 23.7 Å². The first-order chi connectivity index (χ1) is 19.1. The first-order valence-electron chi connectivity index (χ1n) is 13.6. The lowest BCUT2D eigenvalue weighted by molar-refractivity contribution is 0.166. The number of rotatable bonds is 4. The quantitative estimate of drug-likeness (QED) is 0.246. The second-order valence-electron chi connectivity index (χ2n) is 11.8. The zero-order valence-corrected chi connectivity index (χ0v) is 25.5. The minimum Gasteiger partial charge on any atom is -0.477 e. The van der Waals surface area contributed by atoms with Gasteiger partial charge in [-0.3, -0.25) is 9.71 Å². The Hall–Kier alpha value is -3.16. The van der Waals surface area contributed by atoms with E-state index >= 15 is 0 Å². The maximum absolute atomic E-state index is 6.54. The van der Waals surface area contributed by atoms with Gasteiger partial charge in [0.15, 0.2) is 5.15 Å². The molecule has 3 heterocycles. The molecule has 0 saturated heterocycles. The van der Waals surface area contributed by atoms with Gasteiger partial charge in [-0.15, -0.1) is 0 Å². The zero-order valence-electron chi connectivity index (χ0n) is 24.0. The van der Waals surface area contributed by atoms with Crippen LogP contribution in [0.15, 0.2) is 59.6 Å². The molecule has 4 bridgehead atoms. The molecule has 40 heavy (non-hydrogen) atoms. The number of nitrogens with zero attached hydrogens (tertiary/aromatic N) is 4. The summed E-state index contributed by atoms with van der Waals surface area (Å²) in [6.45, 7) is 13.4. The highest BCUT2D eigenvalue weighted by Crippen LogP contribution is 2.39. The number of anilines is 1. The van der Waals surface area contributed by atoms with Crippen molar-refractivity contribution >= 4 is 29.5 Å². The number of aromatic nitrogens is 4. The van der Waals surface area contributed by atoms with Gasteiger partial charge in [-0.2, -0.15) is 4.98 Å². The third-order valence-corrected chi connectivity index (χ3v) is 8.38. The molecule has 1 aliphatic heterocycles. The monoisotopic (exact) mass is 573 g/mol. The Morgan fingerprint density at radius 1 is 1.00 bits per heavy atom. The van der Waals surface area contributed by atoms with E-state index in [0.717, 1.165) is 34.0 Å². The Morgan fingerprint density at radius 3 is 2.48 bits per heavy atom. The van der Waals surface area contributed by atoms with Crippen molar-refractivity contribution in [3.8, 4) is 17.1 Å². The zero-order chi connectivity index (χ0) is 28.4. The van der Waals surface area contributed by atoms with Crippen LogP contribution in [0.25, 0.3) is 11.3 Å². The number of fused-ring (bicyclic) bond motifs is 4. The molecule has 0 saturated carbocycles. The van der Waals surface area contributed by atoms with Crippen molar-refractivity contribution in [2.45, 2.75) is 65.2 Å². The lowest BCUT2D eigenvalue weighted by Gasteiger charge is -2.33. The minimum absolute atomic E-state index is 0.0914. The number of nitrogens with one attached hydrogen (secondary N) is 1. The maximum atomic E-state index is 6.54. The summed E-state index contributed by atoms with van der Waals surface area (Å²) < 4.78 is 9.90. The van der Waals surface area contributed by atoms with E-state index in [1.807, 2.05) is 19.2 Å². The van der Waals surface area contributed by atoms with Gasteiger partial charge in [0.25, 0.3) is 0 Å². The molecule has 6 nitrogen and oxygen atoms in total.